The molecular weight excluding hydrogens is 168 g/mol. The molecule has 80 valence electrons. The van der Waals surface area contributed by atoms with Gasteiger partial charge in [-0.05, 0) is 50.4 Å². The van der Waals surface area contributed by atoms with Crippen molar-refractivity contribution >= 4 is 0 Å². The molecule has 0 amide bonds. The maximum atomic E-state index is 4.24. The third kappa shape index (κ3) is 2.73. The molecule has 1 atom stereocenters. The average Bonchev–Trinajstić information content (AvgIpc) is 2.01. The van der Waals surface area contributed by atoms with Gasteiger partial charge >= 0.3 is 0 Å². The van der Waals surface area contributed by atoms with Crippen LogP contribution in [0.5, 0.6) is 0 Å². The number of hydrogen-bond acceptors (Lipinski definition) is 0. The fraction of sp³-hybridized carbons (Fsp3) is 0.714. The summed E-state index contributed by atoms with van der Waals surface area (Å²) in [7, 11) is 0. The van der Waals surface area contributed by atoms with Crippen LogP contribution in [0.15, 0.2) is 24.3 Å². The van der Waals surface area contributed by atoms with E-state index in [2.05, 4.69) is 33.9 Å². The van der Waals surface area contributed by atoms with Crippen LogP contribution in [0.1, 0.15) is 52.9 Å². The topological polar surface area (TPSA) is 0 Å². The predicted octanol–water partition coefficient (Wildman–Crippen LogP) is 4.73. The standard InChI is InChI=1S/C14H24/c1-11(2)8-9-13-12(3)7-6-10-14(13,4)5/h13H,1,3,6-10H2,2,4-5H3. The third-order valence-electron chi connectivity index (χ3n) is 3.61. The first-order valence-corrected chi connectivity index (χ1v) is 5.75. The van der Waals surface area contributed by atoms with Crippen molar-refractivity contribution in [2.45, 2.75) is 52.9 Å². The highest BCUT2D eigenvalue weighted by molar-refractivity contribution is 5.10. The molecule has 0 nitrogen and oxygen atoms in total. The fourth-order valence-electron chi connectivity index (χ4n) is 2.66. The Morgan fingerprint density at radius 3 is 2.64 bits per heavy atom. The van der Waals surface area contributed by atoms with Gasteiger partial charge in [0.15, 0.2) is 0 Å². The highest BCUT2D eigenvalue weighted by atomic mass is 14.4. The van der Waals surface area contributed by atoms with Crippen molar-refractivity contribution in [3.63, 3.8) is 0 Å². The van der Waals surface area contributed by atoms with Crippen molar-refractivity contribution in [1.82, 2.24) is 0 Å². The van der Waals surface area contributed by atoms with E-state index in [1.165, 1.54) is 36.8 Å². The quantitative estimate of drug-likeness (QED) is 0.567. The second kappa shape index (κ2) is 4.33. The van der Waals surface area contributed by atoms with Gasteiger partial charge in [0.2, 0.25) is 0 Å². The molecule has 1 fully saturated rings. The molecule has 0 aliphatic heterocycles. The summed E-state index contributed by atoms with van der Waals surface area (Å²) in [5.74, 6) is 0.716. The zero-order valence-electron chi connectivity index (χ0n) is 10.0. The lowest BCUT2D eigenvalue weighted by Gasteiger charge is -2.40. The highest BCUT2D eigenvalue weighted by Gasteiger charge is 2.33. The number of allylic oxidation sites excluding steroid dienone is 2. The Labute approximate surface area is 89.1 Å². The summed E-state index contributed by atoms with van der Waals surface area (Å²) in [6.45, 7) is 15.1. The van der Waals surface area contributed by atoms with Gasteiger partial charge in [-0.3, -0.25) is 0 Å². The molecule has 1 rings (SSSR count). The van der Waals surface area contributed by atoms with Crippen molar-refractivity contribution in [3.8, 4) is 0 Å². The van der Waals surface area contributed by atoms with E-state index in [4.69, 9.17) is 0 Å². The lowest BCUT2D eigenvalue weighted by Crippen LogP contribution is -2.29. The van der Waals surface area contributed by atoms with Crippen LogP contribution in [0.3, 0.4) is 0 Å². The first-order chi connectivity index (χ1) is 6.43. The van der Waals surface area contributed by atoms with Crippen LogP contribution < -0.4 is 0 Å². The van der Waals surface area contributed by atoms with Crippen LogP contribution in [0.4, 0.5) is 0 Å². The lowest BCUT2D eigenvalue weighted by molar-refractivity contribution is 0.180. The third-order valence-corrected chi connectivity index (χ3v) is 3.61. The SMILES string of the molecule is C=C(C)CCC1C(=C)CCCC1(C)C. The van der Waals surface area contributed by atoms with Gasteiger partial charge in [0.05, 0.1) is 0 Å². The fourth-order valence-corrected chi connectivity index (χ4v) is 2.66. The highest BCUT2D eigenvalue weighted by Crippen LogP contribution is 2.45. The number of rotatable bonds is 3. The van der Waals surface area contributed by atoms with Gasteiger partial charge in [0, 0.05) is 0 Å². The maximum absolute atomic E-state index is 4.24. The Balaban J connectivity index is 2.61. The van der Waals surface area contributed by atoms with Crippen LogP contribution in [0, 0.1) is 11.3 Å². The van der Waals surface area contributed by atoms with E-state index in [-0.39, 0.29) is 0 Å². The minimum atomic E-state index is 0.463. The van der Waals surface area contributed by atoms with Crippen molar-refractivity contribution in [1.29, 1.82) is 0 Å². The first-order valence-electron chi connectivity index (χ1n) is 5.75. The molecule has 0 heterocycles. The van der Waals surface area contributed by atoms with Gasteiger partial charge < -0.3 is 0 Å². The molecule has 1 aliphatic carbocycles. The van der Waals surface area contributed by atoms with Crippen LogP contribution in [-0.2, 0) is 0 Å². The van der Waals surface area contributed by atoms with Crippen LogP contribution in [0.25, 0.3) is 0 Å². The Morgan fingerprint density at radius 2 is 2.14 bits per heavy atom. The van der Waals surface area contributed by atoms with Gasteiger partial charge in [0.1, 0.15) is 0 Å². The van der Waals surface area contributed by atoms with E-state index in [1.54, 1.807) is 0 Å². The Bertz CT molecular complexity index is 232. The average molecular weight is 192 g/mol. The van der Waals surface area contributed by atoms with Crippen molar-refractivity contribution in [2.24, 2.45) is 11.3 Å². The van der Waals surface area contributed by atoms with Crippen LogP contribution >= 0.6 is 0 Å². The summed E-state index contributed by atoms with van der Waals surface area (Å²) < 4.78 is 0. The van der Waals surface area contributed by atoms with E-state index in [9.17, 15) is 0 Å². The van der Waals surface area contributed by atoms with Crippen molar-refractivity contribution in [3.05, 3.63) is 24.3 Å². The van der Waals surface area contributed by atoms with E-state index in [0.29, 0.717) is 11.3 Å². The molecule has 0 saturated heterocycles. The van der Waals surface area contributed by atoms with Gasteiger partial charge in [0.25, 0.3) is 0 Å². The van der Waals surface area contributed by atoms with Gasteiger partial charge in [-0.15, -0.1) is 6.58 Å². The van der Waals surface area contributed by atoms with E-state index < -0.39 is 0 Å². The van der Waals surface area contributed by atoms with Gasteiger partial charge in [-0.25, -0.2) is 0 Å². The smallest absolute Gasteiger partial charge is 0.0152 e. The molecule has 0 aromatic carbocycles. The van der Waals surface area contributed by atoms with E-state index in [1.807, 2.05) is 0 Å². The summed E-state index contributed by atoms with van der Waals surface area (Å²) in [5, 5.41) is 0. The molecule has 0 radical (unpaired) electrons. The molecule has 14 heavy (non-hydrogen) atoms. The summed E-state index contributed by atoms with van der Waals surface area (Å²) >= 11 is 0. The molecule has 1 saturated carbocycles. The normalized spacial score (nSPS) is 26.2. The lowest BCUT2D eigenvalue weighted by atomic mass is 9.65. The number of hydrogen-bond donors (Lipinski definition) is 0. The molecule has 0 bridgehead atoms. The Hall–Kier alpha value is -0.520. The van der Waals surface area contributed by atoms with Crippen LogP contribution in [-0.4, -0.2) is 0 Å². The molecule has 1 aliphatic rings. The minimum absolute atomic E-state index is 0.463. The summed E-state index contributed by atoms with van der Waals surface area (Å²) in [6, 6.07) is 0. The largest absolute Gasteiger partial charge is 0.100 e. The van der Waals surface area contributed by atoms with Crippen LogP contribution in [0.2, 0.25) is 0 Å². The second-order valence-corrected chi connectivity index (χ2v) is 5.55. The predicted molar refractivity (Wildman–Crippen MR) is 64.3 cm³/mol. The molecular formula is C14H24. The first kappa shape index (κ1) is 11.6. The van der Waals surface area contributed by atoms with Gasteiger partial charge in [-0.1, -0.05) is 31.6 Å². The molecule has 0 heteroatoms. The Kier molecular flexibility index (Phi) is 3.58. The zero-order valence-corrected chi connectivity index (χ0v) is 10.0. The van der Waals surface area contributed by atoms with Crippen molar-refractivity contribution < 1.29 is 0 Å². The summed E-state index contributed by atoms with van der Waals surface area (Å²) in [5.41, 5.74) is 3.24. The van der Waals surface area contributed by atoms with Crippen molar-refractivity contribution in [2.75, 3.05) is 0 Å². The minimum Gasteiger partial charge on any atom is -0.100 e. The maximum Gasteiger partial charge on any atom is -0.0152 e. The zero-order chi connectivity index (χ0) is 10.8. The Morgan fingerprint density at radius 1 is 1.50 bits per heavy atom. The molecule has 0 spiro atoms. The van der Waals surface area contributed by atoms with E-state index >= 15 is 0 Å². The van der Waals surface area contributed by atoms with Gasteiger partial charge in [-0.2, -0.15) is 0 Å². The van der Waals surface area contributed by atoms with E-state index in [0.717, 1.165) is 6.42 Å². The summed E-state index contributed by atoms with van der Waals surface area (Å²) in [4.78, 5) is 0. The molecule has 0 aromatic rings. The second-order valence-electron chi connectivity index (χ2n) is 5.55. The monoisotopic (exact) mass is 192 g/mol. The molecule has 0 aromatic heterocycles. The molecule has 1 unspecified atom stereocenters. The molecule has 0 N–H and O–H groups in total. The summed E-state index contributed by atoms with van der Waals surface area (Å²) in [6.07, 6.45) is 6.33.